The molecule has 0 aliphatic rings. The summed E-state index contributed by atoms with van der Waals surface area (Å²) >= 11 is 0. The predicted octanol–water partition coefficient (Wildman–Crippen LogP) is 1.99. The molecule has 3 amide bonds. The summed E-state index contributed by atoms with van der Waals surface area (Å²) in [6.45, 7) is 2.44. The molecule has 2 rings (SSSR count). The Morgan fingerprint density at radius 2 is 2.04 bits per heavy atom. The molecule has 7 nitrogen and oxygen atoms in total. The smallest absolute Gasteiger partial charge is 0.320 e. The van der Waals surface area contributed by atoms with Gasteiger partial charge in [0, 0.05) is 24.1 Å². The Morgan fingerprint density at radius 3 is 2.78 bits per heavy atom. The van der Waals surface area contributed by atoms with Crippen LogP contribution >= 0.6 is 0 Å². The molecule has 7 heteroatoms. The van der Waals surface area contributed by atoms with Crippen LogP contribution in [0.25, 0.3) is 0 Å². The van der Waals surface area contributed by atoms with Crippen LogP contribution in [-0.2, 0) is 0 Å². The molecule has 0 aliphatic carbocycles. The average Bonchev–Trinajstić information content (AvgIpc) is 2.56. The zero-order valence-corrected chi connectivity index (χ0v) is 12.7. The summed E-state index contributed by atoms with van der Waals surface area (Å²) < 4.78 is 5.36. The fourth-order valence-electron chi connectivity index (χ4n) is 1.81. The molecule has 0 unspecified atom stereocenters. The van der Waals surface area contributed by atoms with Crippen molar-refractivity contribution in [3.8, 4) is 5.75 Å². The van der Waals surface area contributed by atoms with Gasteiger partial charge in [-0.25, -0.2) is 4.79 Å². The van der Waals surface area contributed by atoms with E-state index in [-0.39, 0.29) is 12.6 Å². The first-order chi connectivity index (χ1) is 11.2. The van der Waals surface area contributed by atoms with Crippen molar-refractivity contribution in [2.45, 2.75) is 6.92 Å². The van der Waals surface area contributed by atoms with Crippen LogP contribution in [0.4, 0.5) is 10.5 Å². The van der Waals surface area contributed by atoms with E-state index >= 15 is 0 Å². The second-order valence-electron chi connectivity index (χ2n) is 4.52. The van der Waals surface area contributed by atoms with Gasteiger partial charge in [-0.15, -0.1) is 0 Å². The summed E-state index contributed by atoms with van der Waals surface area (Å²) in [6, 6.07) is 9.94. The number of carbonyl (C=O) groups is 2. The van der Waals surface area contributed by atoms with Crippen molar-refractivity contribution in [2.75, 3.05) is 18.6 Å². The summed E-state index contributed by atoms with van der Waals surface area (Å²) in [6.07, 6.45) is 3.04. The van der Waals surface area contributed by atoms with Crippen LogP contribution in [0.5, 0.6) is 5.75 Å². The van der Waals surface area contributed by atoms with Crippen LogP contribution < -0.4 is 20.7 Å². The number of rotatable bonds is 6. The van der Waals surface area contributed by atoms with Gasteiger partial charge >= 0.3 is 6.03 Å². The van der Waals surface area contributed by atoms with E-state index in [4.69, 9.17) is 4.74 Å². The maximum Gasteiger partial charge on any atom is 0.320 e. The number of carbonyl (C=O) groups excluding carboxylic acids is 2. The molecule has 1 aromatic carbocycles. The Kier molecular flexibility index (Phi) is 5.93. The number of urea groups is 1. The SMILES string of the molecule is CCOc1cccc(NC(=O)NCNC(=O)c2cccnc2)c1. The Balaban J connectivity index is 1.77. The highest BCUT2D eigenvalue weighted by atomic mass is 16.5. The number of hydrogen-bond donors (Lipinski definition) is 3. The lowest BCUT2D eigenvalue weighted by atomic mass is 10.3. The standard InChI is InChI=1S/C16H18N4O3/c1-2-23-14-7-3-6-13(9-14)20-16(22)19-11-18-15(21)12-5-4-8-17-10-12/h3-10H,2,11H2,1H3,(H,18,21)(H2,19,20,22). The minimum atomic E-state index is -0.426. The first-order valence-electron chi connectivity index (χ1n) is 7.15. The second-order valence-corrected chi connectivity index (χ2v) is 4.52. The minimum Gasteiger partial charge on any atom is -0.494 e. The summed E-state index contributed by atoms with van der Waals surface area (Å²) in [7, 11) is 0. The monoisotopic (exact) mass is 314 g/mol. The highest BCUT2D eigenvalue weighted by Crippen LogP contribution is 2.16. The van der Waals surface area contributed by atoms with E-state index in [1.807, 2.05) is 6.92 Å². The molecule has 0 fully saturated rings. The molecule has 0 saturated heterocycles. The van der Waals surface area contributed by atoms with Crippen molar-refractivity contribution in [3.63, 3.8) is 0 Å². The number of nitrogens with one attached hydrogen (secondary N) is 3. The minimum absolute atomic E-state index is 0.00467. The summed E-state index contributed by atoms with van der Waals surface area (Å²) in [4.78, 5) is 27.4. The van der Waals surface area contributed by atoms with E-state index in [1.165, 1.54) is 6.20 Å². The number of amides is 3. The summed E-state index contributed by atoms with van der Waals surface area (Å²) in [5.74, 6) is 0.368. The van der Waals surface area contributed by atoms with Gasteiger partial charge in [-0.05, 0) is 31.2 Å². The van der Waals surface area contributed by atoms with E-state index in [0.717, 1.165) is 0 Å². The Bertz CT molecular complexity index is 661. The first-order valence-corrected chi connectivity index (χ1v) is 7.15. The predicted molar refractivity (Wildman–Crippen MR) is 86.3 cm³/mol. The number of nitrogens with zero attached hydrogens (tertiary/aromatic N) is 1. The zero-order valence-electron chi connectivity index (χ0n) is 12.7. The summed E-state index contributed by atoms with van der Waals surface area (Å²) in [5.41, 5.74) is 1.03. The maximum absolute atomic E-state index is 11.8. The molecule has 1 heterocycles. The quantitative estimate of drug-likeness (QED) is 0.711. The van der Waals surface area contributed by atoms with Gasteiger partial charge in [-0.3, -0.25) is 9.78 Å². The van der Waals surface area contributed by atoms with Gasteiger partial charge in [-0.1, -0.05) is 6.07 Å². The second kappa shape index (κ2) is 8.38. The van der Waals surface area contributed by atoms with Crippen molar-refractivity contribution in [1.29, 1.82) is 0 Å². The van der Waals surface area contributed by atoms with Gasteiger partial charge < -0.3 is 20.7 Å². The van der Waals surface area contributed by atoms with Gasteiger partial charge in [-0.2, -0.15) is 0 Å². The lowest BCUT2D eigenvalue weighted by Gasteiger charge is -2.10. The van der Waals surface area contributed by atoms with Crippen LogP contribution in [0.2, 0.25) is 0 Å². The average molecular weight is 314 g/mol. The molecule has 23 heavy (non-hydrogen) atoms. The van der Waals surface area contributed by atoms with Crippen molar-refractivity contribution >= 4 is 17.6 Å². The molecule has 0 atom stereocenters. The third-order valence-electron chi connectivity index (χ3n) is 2.82. The van der Waals surface area contributed by atoms with E-state index in [1.54, 1.807) is 42.6 Å². The van der Waals surface area contributed by atoms with Gasteiger partial charge in [0.05, 0.1) is 18.8 Å². The van der Waals surface area contributed by atoms with E-state index < -0.39 is 6.03 Å². The number of hydrogen-bond acceptors (Lipinski definition) is 4. The molecule has 0 aliphatic heterocycles. The topological polar surface area (TPSA) is 92.4 Å². The third kappa shape index (κ3) is 5.31. The van der Waals surface area contributed by atoms with Gasteiger partial charge in [0.25, 0.3) is 5.91 Å². The van der Waals surface area contributed by atoms with Crippen LogP contribution in [-0.4, -0.2) is 30.2 Å². The fourth-order valence-corrected chi connectivity index (χ4v) is 1.81. The Hall–Kier alpha value is -3.09. The van der Waals surface area contributed by atoms with Crippen LogP contribution in [0, 0.1) is 0 Å². The largest absolute Gasteiger partial charge is 0.494 e. The Morgan fingerprint density at radius 1 is 1.17 bits per heavy atom. The molecule has 3 N–H and O–H groups in total. The number of aromatic nitrogens is 1. The third-order valence-corrected chi connectivity index (χ3v) is 2.82. The van der Waals surface area contributed by atoms with Gasteiger partial charge in [0.2, 0.25) is 0 Å². The van der Waals surface area contributed by atoms with Crippen molar-refractivity contribution < 1.29 is 14.3 Å². The fraction of sp³-hybridized carbons (Fsp3) is 0.188. The van der Waals surface area contributed by atoms with Crippen LogP contribution in [0.1, 0.15) is 17.3 Å². The van der Waals surface area contributed by atoms with Gasteiger partial charge in [0.1, 0.15) is 5.75 Å². The van der Waals surface area contributed by atoms with Gasteiger partial charge in [0.15, 0.2) is 0 Å². The molecule has 0 radical (unpaired) electrons. The molecule has 0 bridgehead atoms. The van der Waals surface area contributed by atoms with E-state index in [2.05, 4.69) is 20.9 Å². The maximum atomic E-state index is 11.8. The van der Waals surface area contributed by atoms with Crippen molar-refractivity contribution in [3.05, 3.63) is 54.4 Å². The summed E-state index contributed by atoms with van der Waals surface area (Å²) in [5, 5.41) is 7.77. The highest BCUT2D eigenvalue weighted by Gasteiger charge is 2.06. The van der Waals surface area contributed by atoms with Crippen molar-refractivity contribution in [2.24, 2.45) is 0 Å². The molecular formula is C16H18N4O3. The first kappa shape index (κ1) is 16.3. The molecule has 0 spiro atoms. The molecule has 0 saturated carbocycles. The van der Waals surface area contributed by atoms with Crippen LogP contribution in [0.15, 0.2) is 48.8 Å². The van der Waals surface area contributed by atoms with E-state index in [0.29, 0.717) is 23.6 Å². The van der Waals surface area contributed by atoms with Crippen LogP contribution in [0.3, 0.4) is 0 Å². The highest BCUT2D eigenvalue weighted by molar-refractivity contribution is 5.94. The molecule has 120 valence electrons. The van der Waals surface area contributed by atoms with E-state index in [9.17, 15) is 9.59 Å². The number of ether oxygens (including phenoxy) is 1. The zero-order chi connectivity index (χ0) is 16.5. The normalized spacial score (nSPS) is 9.78. The molecule has 2 aromatic rings. The number of benzene rings is 1. The lowest BCUT2D eigenvalue weighted by molar-refractivity contribution is 0.0952. The molecule has 1 aromatic heterocycles. The number of pyridine rings is 1. The van der Waals surface area contributed by atoms with Crippen molar-refractivity contribution in [1.82, 2.24) is 15.6 Å². The Labute approximate surface area is 134 Å². The number of anilines is 1. The molecular weight excluding hydrogens is 296 g/mol. The lowest BCUT2D eigenvalue weighted by Crippen LogP contribution is -2.39.